The average molecular weight is 299 g/mol. The van der Waals surface area contributed by atoms with Crippen LogP contribution in [0.1, 0.15) is 19.8 Å². The van der Waals surface area contributed by atoms with Gasteiger partial charge in [-0.05, 0) is 26.4 Å². The zero-order valence-corrected chi connectivity index (χ0v) is 12.7. The van der Waals surface area contributed by atoms with Crippen molar-refractivity contribution in [1.82, 2.24) is 19.6 Å². The van der Waals surface area contributed by atoms with Crippen LogP contribution in [0, 0.1) is 0 Å². The summed E-state index contributed by atoms with van der Waals surface area (Å²) >= 11 is 0. The van der Waals surface area contributed by atoms with Crippen molar-refractivity contribution in [2.45, 2.75) is 30.7 Å². The minimum atomic E-state index is -3.53. The normalized spacial score (nSPS) is 20.2. The monoisotopic (exact) mass is 299 g/mol. The minimum absolute atomic E-state index is 0.0390. The number of nitrogens with one attached hydrogen (secondary N) is 2. The molecule has 8 heteroatoms. The van der Waals surface area contributed by atoms with Crippen LogP contribution >= 0.6 is 0 Å². The average Bonchev–Trinajstić information content (AvgIpc) is 2.81. The van der Waals surface area contributed by atoms with E-state index in [1.807, 2.05) is 14.0 Å². The van der Waals surface area contributed by atoms with Gasteiger partial charge in [0.25, 0.3) is 0 Å². The minimum Gasteiger partial charge on any atom is -0.354 e. The molecule has 2 heterocycles. The molecule has 20 heavy (non-hydrogen) atoms. The van der Waals surface area contributed by atoms with Crippen molar-refractivity contribution in [2.75, 3.05) is 32.0 Å². The number of hydrogen-bond donors (Lipinski definition) is 2. The maximum absolute atomic E-state index is 12.2. The number of hydrogen-bond acceptors (Lipinski definition) is 6. The van der Waals surface area contributed by atoms with Crippen LogP contribution in [0.15, 0.2) is 17.3 Å². The molecule has 1 fully saturated rings. The van der Waals surface area contributed by atoms with Crippen molar-refractivity contribution in [3.8, 4) is 0 Å². The van der Waals surface area contributed by atoms with E-state index in [4.69, 9.17) is 0 Å². The predicted molar refractivity (Wildman–Crippen MR) is 77.0 cm³/mol. The Morgan fingerprint density at radius 1 is 1.40 bits per heavy atom. The summed E-state index contributed by atoms with van der Waals surface area (Å²) in [6.07, 6.45) is 4.46. The number of likely N-dealkylation sites (N-methyl/N-ethyl adjacent to an activating group) is 1. The molecule has 0 saturated carbocycles. The van der Waals surface area contributed by atoms with Crippen LogP contribution in [-0.2, 0) is 10.0 Å². The van der Waals surface area contributed by atoms with E-state index in [0.29, 0.717) is 5.95 Å². The summed E-state index contributed by atoms with van der Waals surface area (Å²) in [6, 6.07) is -0.0390. The third-order valence-electron chi connectivity index (χ3n) is 3.18. The molecular weight excluding hydrogens is 278 g/mol. The number of aromatic nitrogens is 2. The fourth-order valence-corrected chi connectivity index (χ4v) is 3.25. The van der Waals surface area contributed by atoms with Crippen LogP contribution in [0.4, 0.5) is 5.95 Å². The topological polar surface area (TPSA) is 87.2 Å². The van der Waals surface area contributed by atoms with Gasteiger partial charge in [0.1, 0.15) is 4.90 Å². The molecule has 2 rings (SSSR count). The summed E-state index contributed by atoms with van der Waals surface area (Å²) in [7, 11) is -1.56. The van der Waals surface area contributed by atoms with Gasteiger partial charge in [0.05, 0.1) is 12.4 Å². The second-order valence-corrected chi connectivity index (χ2v) is 6.75. The lowest BCUT2D eigenvalue weighted by molar-refractivity contribution is 0.407. The summed E-state index contributed by atoms with van der Waals surface area (Å²) in [5, 5.41) is 3.01. The molecule has 0 spiro atoms. The second-order valence-electron chi connectivity index (χ2n) is 5.04. The molecular formula is C12H21N5O2S. The molecule has 2 N–H and O–H groups in total. The fraction of sp³-hybridized carbons (Fsp3) is 0.667. The molecule has 1 aliphatic rings. The smallest absolute Gasteiger partial charge is 0.243 e. The quantitative estimate of drug-likeness (QED) is 0.784. The molecule has 112 valence electrons. The van der Waals surface area contributed by atoms with Gasteiger partial charge in [0.2, 0.25) is 16.0 Å². The molecule has 0 aromatic carbocycles. The Kier molecular flexibility index (Phi) is 4.90. The zero-order valence-electron chi connectivity index (χ0n) is 11.8. The van der Waals surface area contributed by atoms with Crippen molar-refractivity contribution in [3.05, 3.63) is 12.4 Å². The first-order valence-electron chi connectivity index (χ1n) is 6.78. The molecule has 1 aromatic rings. The largest absolute Gasteiger partial charge is 0.354 e. The Balaban J connectivity index is 2.01. The number of anilines is 1. The second kappa shape index (κ2) is 6.47. The van der Waals surface area contributed by atoms with Crippen LogP contribution in [0.3, 0.4) is 0 Å². The van der Waals surface area contributed by atoms with E-state index in [0.717, 1.165) is 32.5 Å². The first kappa shape index (κ1) is 15.1. The van der Waals surface area contributed by atoms with Gasteiger partial charge in [-0.15, -0.1) is 0 Å². The molecule has 0 radical (unpaired) electrons. The van der Waals surface area contributed by atoms with Gasteiger partial charge >= 0.3 is 0 Å². The number of likely N-dealkylation sites (tertiary alicyclic amines) is 1. The van der Waals surface area contributed by atoms with Crippen LogP contribution in [0.2, 0.25) is 0 Å². The van der Waals surface area contributed by atoms with Gasteiger partial charge in [-0.25, -0.2) is 23.1 Å². The number of nitrogens with zero attached hydrogens (tertiary/aromatic N) is 3. The van der Waals surface area contributed by atoms with E-state index in [-0.39, 0.29) is 10.9 Å². The Morgan fingerprint density at radius 3 is 2.65 bits per heavy atom. The van der Waals surface area contributed by atoms with Crippen molar-refractivity contribution in [3.63, 3.8) is 0 Å². The van der Waals surface area contributed by atoms with Gasteiger partial charge in [-0.3, -0.25) is 0 Å². The Bertz CT molecular complexity index is 531. The van der Waals surface area contributed by atoms with Crippen LogP contribution < -0.4 is 10.0 Å². The summed E-state index contributed by atoms with van der Waals surface area (Å²) in [5.41, 5.74) is 0. The summed E-state index contributed by atoms with van der Waals surface area (Å²) in [6.45, 7) is 4.44. The lowest BCUT2D eigenvalue weighted by Crippen LogP contribution is -2.36. The van der Waals surface area contributed by atoms with Crippen molar-refractivity contribution in [1.29, 1.82) is 0 Å². The number of rotatable bonds is 6. The predicted octanol–water partition coefficient (Wildman–Crippen LogP) is 0.281. The van der Waals surface area contributed by atoms with E-state index >= 15 is 0 Å². The zero-order chi connectivity index (χ0) is 14.6. The first-order valence-corrected chi connectivity index (χ1v) is 8.26. The Hall–Kier alpha value is -1.25. The van der Waals surface area contributed by atoms with Crippen LogP contribution in [-0.4, -0.2) is 56.0 Å². The third kappa shape index (κ3) is 3.87. The van der Waals surface area contributed by atoms with E-state index in [2.05, 4.69) is 24.9 Å². The van der Waals surface area contributed by atoms with Crippen molar-refractivity contribution >= 4 is 16.0 Å². The van der Waals surface area contributed by atoms with Crippen molar-refractivity contribution in [2.24, 2.45) is 0 Å². The molecule has 7 nitrogen and oxygen atoms in total. The number of sulfonamides is 1. The van der Waals surface area contributed by atoms with E-state index in [1.54, 1.807) is 0 Å². The molecule has 1 aliphatic heterocycles. The lowest BCUT2D eigenvalue weighted by Gasteiger charge is -2.13. The fourth-order valence-electron chi connectivity index (χ4n) is 2.10. The highest BCUT2D eigenvalue weighted by Gasteiger charge is 2.25. The van der Waals surface area contributed by atoms with Gasteiger partial charge in [0.15, 0.2) is 0 Å². The molecule has 1 atom stereocenters. The summed E-state index contributed by atoms with van der Waals surface area (Å²) in [5.74, 6) is 0.450. The van der Waals surface area contributed by atoms with Gasteiger partial charge in [-0.1, -0.05) is 6.92 Å². The molecule has 0 bridgehead atoms. The third-order valence-corrected chi connectivity index (χ3v) is 4.66. The highest BCUT2D eigenvalue weighted by atomic mass is 32.2. The maximum Gasteiger partial charge on any atom is 0.243 e. The lowest BCUT2D eigenvalue weighted by atomic mass is 10.3. The molecule has 1 unspecified atom stereocenters. The highest BCUT2D eigenvalue weighted by Crippen LogP contribution is 2.12. The Morgan fingerprint density at radius 2 is 2.10 bits per heavy atom. The molecule has 1 aromatic heterocycles. The van der Waals surface area contributed by atoms with Gasteiger partial charge in [0, 0.05) is 19.1 Å². The summed E-state index contributed by atoms with van der Waals surface area (Å²) < 4.78 is 27.1. The standard InChI is InChI=1S/C12H21N5O2S/c1-3-5-13-12-14-7-11(8-15-12)20(18,19)16-10-4-6-17(2)9-10/h7-8,10,16H,3-6,9H2,1-2H3,(H,13,14,15). The van der Waals surface area contributed by atoms with E-state index < -0.39 is 10.0 Å². The molecule has 0 aliphatic carbocycles. The van der Waals surface area contributed by atoms with E-state index in [9.17, 15) is 8.42 Å². The maximum atomic E-state index is 12.2. The molecule has 1 saturated heterocycles. The van der Waals surface area contributed by atoms with Crippen molar-refractivity contribution < 1.29 is 8.42 Å². The Labute approximate surface area is 119 Å². The van der Waals surface area contributed by atoms with Crippen LogP contribution in [0.5, 0.6) is 0 Å². The van der Waals surface area contributed by atoms with Gasteiger partial charge < -0.3 is 10.2 Å². The SMILES string of the molecule is CCCNc1ncc(S(=O)(=O)NC2CCN(C)C2)cn1. The van der Waals surface area contributed by atoms with E-state index in [1.165, 1.54) is 12.4 Å². The first-order chi connectivity index (χ1) is 9.51. The van der Waals surface area contributed by atoms with Crippen LogP contribution in [0.25, 0.3) is 0 Å². The van der Waals surface area contributed by atoms with Gasteiger partial charge in [-0.2, -0.15) is 0 Å². The summed E-state index contributed by atoms with van der Waals surface area (Å²) in [4.78, 5) is 10.2. The molecule has 0 amide bonds. The highest BCUT2D eigenvalue weighted by molar-refractivity contribution is 7.89.